The second-order valence-corrected chi connectivity index (χ2v) is 5.83. The van der Waals surface area contributed by atoms with E-state index in [1.807, 2.05) is 17.8 Å². The first kappa shape index (κ1) is 13.7. The standard InChI is InChI=1S/C14H20FNOS/c1-3-16-14(13-5-4-8-18-13)10-6-7-12(17-2)11(15)9-10/h6-7,9,13-14,16H,3-5,8H2,1-2H3. The molecule has 18 heavy (non-hydrogen) atoms. The largest absolute Gasteiger partial charge is 0.494 e. The van der Waals surface area contributed by atoms with Crippen molar-refractivity contribution in [3.8, 4) is 5.75 Å². The van der Waals surface area contributed by atoms with Gasteiger partial charge in [0.05, 0.1) is 7.11 Å². The number of hydrogen-bond acceptors (Lipinski definition) is 3. The third-order valence-electron chi connectivity index (χ3n) is 3.30. The van der Waals surface area contributed by atoms with Crippen LogP contribution in [-0.2, 0) is 0 Å². The molecule has 0 amide bonds. The van der Waals surface area contributed by atoms with Gasteiger partial charge in [-0.1, -0.05) is 13.0 Å². The second kappa shape index (κ2) is 6.43. The highest BCUT2D eigenvalue weighted by Crippen LogP contribution is 2.36. The van der Waals surface area contributed by atoms with E-state index in [0.717, 1.165) is 12.1 Å². The summed E-state index contributed by atoms with van der Waals surface area (Å²) in [5, 5.41) is 4.03. The Hall–Kier alpha value is -0.740. The fraction of sp³-hybridized carbons (Fsp3) is 0.571. The summed E-state index contributed by atoms with van der Waals surface area (Å²) in [4.78, 5) is 0. The highest BCUT2D eigenvalue weighted by atomic mass is 32.2. The van der Waals surface area contributed by atoms with Crippen molar-refractivity contribution in [1.82, 2.24) is 5.32 Å². The highest BCUT2D eigenvalue weighted by molar-refractivity contribution is 8.00. The first-order chi connectivity index (χ1) is 8.76. The zero-order valence-electron chi connectivity index (χ0n) is 10.9. The predicted octanol–water partition coefficient (Wildman–Crippen LogP) is 3.38. The lowest BCUT2D eigenvalue weighted by Gasteiger charge is -2.24. The normalized spacial score (nSPS) is 20.9. The fourth-order valence-electron chi connectivity index (χ4n) is 2.43. The molecule has 1 aromatic carbocycles. The molecule has 1 heterocycles. The van der Waals surface area contributed by atoms with Gasteiger partial charge in [-0.3, -0.25) is 0 Å². The van der Waals surface area contributed by atoms with Crippen LogP contribution in [-0.4, -0.2) is 24.7 Å². The molecule has 1 aromatic rings. The van der Waals surface area contributed by atoms with Gasteiger partial charge < -0.3 is 10.1 Å². The Morgan fingerprint density at radius 1 is 1.56 bits per heavy atom. The maximum absolute atomic E-state index is 13.8. The molecule has 0 bridgehead atoms. The number of halogens is 1. The second-order valence-electron chi connectivity index (χ2n) is 4.48. The molecule has 100 valence electrons. The van der Waals surface area contributed by atoms with Crippen molar-refractivity contribution in [1.29, 1.82) is 0 Å². The van der Waals surface area contributed by atoms with Gasteiger partial charge in [-0.15, -0.1) is 0 Å². The summed E-state index contributed by atoms with van der Waals surface area (Å²) in [6.45, 7) is 2.99. The Morgan fingerprint density at radius 2 is 2.39 bits per heavy atom. The third kappa shape index (κ3) is 2.98. The maximum Gasteiger partial charge on any atom is 0.165 e. The molecule has 0 spiro atoms. The van der Waals surface area contributed by atoms with Crippen molar-refractivity contribution in [3.05, 3.63) is 29.6 Å². The molecule has 0 radical (unpaired) electrons. The molecule has 0 saturated carbocycles. The molecule has 0 aliphatic carbocycles. The topological polar surface area (TPSA) is 21.3 Å². The van der Waals surface area contributed by atoms with E-state index in [9.17, 15) is 4.39 Å². The van der Waals surface area contributed by atoms with Crippen molar-refractivity contribution in [2.45, 2.75) is 31.1 Å². The van der Waals surface area contributed by atoms with Crippen LogP contribution in [0.25, 0.3) is 0 Å². The van der Waals surface area contributed by atoms with E-state index in [1.54, 1.807) is 12.1 Å². The Labute approximate surface area is 112 Å². The van der Waals surface area contributed by atoms with E-state index in [2.05, 4.69) is 12.2 Å². The molecule has 2 nitrogen and oxygen atoms in total. The molecule has 1 N–H and O–H groups in total. The average Bonchev–Trinajstić information content (AvgIpc) is 2.89. The van der Waals surface area contributed by atoms with E-state index in [-0.39, 0.29) is 11.9 Å². The zero-order valence-corrected chi connectivity index (χ0v) is 11.7. The van der Waals surface area contributed by atoms with Crippen LogP contribution >= 0.6 is 11.8 Å². The Morgan fingerprint density at radius 3 is 2.94 bits per heavy atom. The number of methoxy groups -OCH3 is 1. The van der Waals surface area contributed by atoms with E-state index in [1.165, 1.54) is 25.7 Å². The fourth-order valence-corrected chi connectivity index (χ4v) is 3.84. The minimum atomic E-state index is -0.277. The predicted molar refractivity (Wildman–Crippen MR) is 74.8 cm³/mol. The van der Waals surface area contributed by atoms with Gasteiger partial charge in [0.2, 0.25) is 0 Å². The number of thioether (sulfide) groups is 1. The van der Waals surface area contributed by atoms with E-state index in [4.69, 9.17) is 4.74 Å². The molecular formula is C14H20FNOS. The van der Waals surface area contributed by atoms with E-state index < -0.39 is 0 Å². The first-order valence-electron chi connectivity index (χ1n) is 6.44. The number of hydrogen-bond donors (Lipinski definition) is 1. The lowest BCUT2D eigenvalue weighted by molar-refractivity contribution is 0.385. The molecule has 2 rings (SSSR count). The summed E-state index contributed by atoms with van der Waals surface area (Å²) < 4.78 is 18.7. The zero-order chi connectivity index (χ0) is 13.0. The van der Waals surface area contributed by atoms with Gasteiger partial charge in [-0.2, -0.15) is 11.8 Å². The summed E-state index contributed by atoms with van der Waals surface area (Å²) in [7, 11) is 1.49. The quantitative estimate of drug-likeness (QED) is 0.885. The van der Waals surface area contributed by atoms with Crippen LogP contribution in [0.15, 0.2) is 18.2 Å². The Balaban J connectivity index is 2.21. The molecule has 2 atom stereocenters. The van der Waals surface area contributed by atoms with E-state index >= 15 is 0 Å². The summed E-state index contributed by atoms with van der Waals surface area (Å²) in [6.07, 6.45) is 2.46. The number of ether oxygens (including phenoxy) is 1. The minimum absolute atomic E-state index is 0.239. The summed E-state index contributed by atoms with van der Waals surface area (Å²) >= 11 is 1.98. The molecule has 0 aromatic heterocycles. The van der Waals surface area contributed by atoms with Crippen LogP contribution in [0.2, 0.25) is 0 Å². The Kier molecular flexibility index (Phi) is 4.89. The van der Waals surface area contributed by atoms with Crippen LogP contribution < -0.4 is 10.1 Å². The molecule has 1 saturated heterocycles. The van der Waals surface area contributed by atoms with Crippen LogP contribution in [0.5, 0.6) is 5.75 Å². The molecule has 1 aliphatic heterocycles. The maximum atomic E-state index is 13.8. The number of benzene rings is 1. The van der Waals surface area contributed by atoms with Crippen molar-refractivity contribution in [2.75, 3.05) is 19.4 Å². The number of rotatable bonds is 5. The summed E-state index contributed by atoms with van der Waals surface area (Å²) in [5.74, 6) is 1.25. The third-order valence-corrected chi connectivity index (χ3v) is 4.76. The monoisotopic (exact) mass is 269 g/mol. The van der Waals surface area contributed by atoms with E-state index in [0.29, 0.717) is 11.0 Å². The van der Waals surface area contributed by atoms with Crippen molar-refractivity contribution in [2.24, 2.45) is 0 Å². The van der Waals surface area contributed by atoms with Gasteiger partial charge >= 0.3 is 0 Å². The summed E-state index contributed by atoms with van der Waals surface area (Å²) in [6, 6.07) is 5.52. The van der Waals surface area contributed by atoms with Gasteiger partial charge in [-0.25, -0.2) is 4.39 Å². The average molecular weight is 269 g/mol. The number of nitrogens with one attached hydrogen (secondary N) is 1. The van der Waals surface area contributed by atoms with Gasteiger partial charge in [0.1, 0.15) is 0 Å². The summed E-state index contributed by atoms with van der Waals surface area (Å²) in [5.41, 5.74) is 1.02. The Bertz CT molecular complexity index is 393. The molecule has 1 aliphatic rings. The minimum Gasteiger partial charge on any atom is -0.494 e. The molecular weight excluding hydrogens is 249 g/mol. The van der Waals surface area contributed by atoms with Gasteiger partial charge in [0.15, 0.2) is 11.6 Å². The molecule has 1 fully saturated rings. The van der Waals surface area contributed by atoms with Crippen molar-refractivity contribution in [3.63, 3.8) is 0 Å². The van der Waals surface area contributed by atoms with Gasteiger partial charge in [0.25, 0.3) is 0 Å². The lowest BCUT2D eigenvalue weighted by Crippen LogP contribution is -2.28. The molecule has 4 heteroatoms. The SMILES string of the molecule is CCNC(c1ccc(OC)c(F)c1)C1CCCS1. The van der Waals surface area contributed by atoms with Crippen LogP contribution in [0.3, 0.4) is 0 Å². The first-order valence-corrected chi connectivity index (χ1v) is 7.49. The van der Waals surface area contributed by atoms with Crippen LogP contribution in [0.4, 0.5) is 4.39 Å². The molecule has 2 unspecified atom stereocenters. The van der Waals surface area contributed by atoms with Crippen LogP contribution in [0.1, 0.15) is 31.4 Å². The van der Waals surface area contributed by atoms with Crippen molar-refractivity contribution >= 4 is 11.8 Å². The lowest BCUT2D eigenvalue weighted by atomic mass is 10.0. The highest BCUT2D eigenvalue weighted by Gasteiger charge is 2.26. The van der Waals surface area contributed by atoms with Gasteiger partial charge in [0, 0.05) is 11.3 Å². The van der Waals surface area contributed by atoms with Crippen molar-refractivity contribution < 1.29 is 9.13 Å². The smallest absolute Gasteiger partial charge is 0.165 e. The van der Waals surface area contributed by atoms with Crippen LogP contribution in [0, 0.1) is 5.82 Å². The van der Waals surface area contributed by atoms with Gasteiger partial charge in [-0.05, 0) is 42.8 Å².